The second kappa shape index (κ2) is 32.7. The van der Waals surface area contributed by atoms with E-state index < -0.39 is 132 Å². The molecule has 1 fully saturated rings. The largest absolute Gasteiger partial charge is 0.508 e. The van der Waals surface area contributed by atoms with E-state index in [4.69, 9.17) is 17.2 Å². The zero-order valence-corrected chi connectivity index (χ0v) is 50.7. The molecule has 10 atom stereocenters. The van der Waals surface area contributed by atoms with Crippen LogP contribution in [0.15, 0.2) is 134 Å². The molecule has 28 heteroatoms. The smallest absolute Gasteiger partial charge is 0.326 e. The van der Waals surface area contributed by atoms with Gasteiger partial charge in [-0.15, -0.1) is 0 Å². The summed E-state index contributed by atoms with van der Waals surface area (Å²) < 4.78 is 0. The molecule has 93 heavy (non-hydrogen) atoms. The first-order valence-electron chi connectivity index (χ1n) is 29.9. The van der Waals surface area contributed by atoms with Gasteiger partial charge >= 0.3 is 5.97 Å². The third kappa shape index (κ3) is 20.3. The molecule has 0 aliphatic carbocycles. The molecule has 1 aliphatic rings. The Kier molecular flexibility index (Phi) is 24.5. The number of amides is 10. The lowest BCUT2D eigenvalue weighted by atomic mass is 10.0. The monoisotopic (exact) mass is 1280 g/mol. The minimum Gasteiger partial charge on any atom is -0.508 e. The van der Waals surface area contributed by atoms with Crippen LogP contribution in [0.4, 0.5) is 0 Å². The van der Waals surface area contributed by atoms with Crippen LogP contribution in [0.1, 0.15) is 66.8 Å². The van der Waals surface area contributed by atoms with Crippen LogP contribution in [-0.2, 0) is 84.8 Å². The normalized spacial score (nSPS) is 15.7. The minimum absolute atomic E-state index is 0.0210. The number of aromatic amines is 1. The first-order chi connectivity index (χ1) is 44.3. The molecule has 2 heterocycles. The Labute approximate surface area is 533 Å². The number of carboxylic acids is 1. The number of fused-ring (bicyclic) bond motifs is 1. The highest BCUT2D eigenvalue weighted by atomic mass is 16.4. The molecule has 0 bridgehead atoms. The fraction of sp³-hybridized carbons (Fsp3) is 0.338. The molecule has 1 aliphatic heterocycles. The molecule has 10 amide bonds. The van der Waals surface area contributed by atoms with Crippen molar-refractivity contribution in [3.05, 3.63) is 161 Å². The quantitative estimate of drug-likeness (QED) is 0.0244. The van der Waals surface area contributed by atoms with E-state index in [0.717, 1.165) is 4.90 Å². The number of aromatic hydroxyl groups is 3. The summed E-state index contributed by atoms with van der Waals surface area (Å²) in [5, 5.41) is 69.5. The van der Waals surface area contributed by atoms with Crippen LogP contribution in [0.3, 0.4) is 0 Å². The van der Waals surface area contributed by atoms with Crippen LogP contribution in [0.5, 0.6) is 17.2 Å². The lowest BCUT2D eigenvalue weighted by Gasteiger charge is -2.31. The number of carbonyl (C=O) groups excluding carboxylic acids is 10. The van der Waals surface area contributed by atoms with Crippen molar-refractivity contribution in [2.24, 2.45) is 17.2 Å². The van der Waals surface area contributed by atoms with Crippen molar-refractivity contribution in [1.82, 2.24) is 47.1 Å². The lowest BCUT2D eigenvalue weighted by Crippen LogP contribution is -2.61. The van der Waals surface area contributed by atoms with Gasteiger partial charge in [0.1, 0.15) is 65.6 Å². The first kappa shape index (κ1) is 69.6. The number of primary amides is 2. The number of benzene rings is 5. The number of para-hydroxylation sites is 1. The Balaban J connectivity index is 1.14. The fourth-order valence-electron chi connectivity index (χ4n) is 10.6. The molecular formula is C65H76N12O16. The number of nitrogens with two attached hydrogens (primary N) is 3. The maximum absolute atomic E-state index is 15.1. The number of nitrogens with zero attached hydrogens (tertiary/aromatic N) is 1. The summed E-state index contributed by atoms with van der Waals surface area (Å²) in [6.45, 7) is 1.11. The maximum atomic E-state index is 15.1. The number of carbonyl (C=O) groups is 11. The van der Waals surface area contributed by atoms with Gasteiger partial charge in [0.25, 0.3) is 0 Å². The number of H-pyrrole nitrogens is 1. The van der Waals surface area contributed by atoms with Gasteiger partial charge in [0.05, 0.1) is 18.6 Å². The van der Waals surface area contributed by atoms with Crippen molar-refractivity contribution in [2.75, 3.05) is 6.54 Å². The number of phenolic OH excluding ortho intramolecular Hbond substituents is 3. The van der Waals surface area contributed by atoms with Crippen LogP contribution < -0.4 is 54.4 Å². The fourth-order valence-corrected chi connectivity index (χ4v) is 10.6. The molecule has 6 aromatic rings. The number of rotatable bonds is 32. The zero-order chi connectivity index (χ0) is 67.5. The summed E-state index contributed by atoms with van der Waals surface area (Å²) in [5.41, 5.74) is 20.0. The molecule has 19 N–H and O–H groups in total. The van der Waals surface area contributed by atoms with E-state index in [2.05, 4.69) is 42.2 Å². The van der Waals surface area contributed by atoms with Crippen LogP contribution in [-0.4, -0.2) is 167 Å². The van der Waals surface area contributed by atoms with E-state index in [-0.39, 0.29) is 81.6 Å². The van der Waals surface area contributed by atoms with Crippen molar-refractivity contribution < 1.29 is 78.3 Å². The van der Waals surface area contributed by atoms with Gasteiger partial charge in [-0.1, -0.05) is 84.9 Å². The molecule has 0 saturated carbocycles. The van der Waals surface area contributed by atoms with E-state index in [1.165, 1.54) is 79.7 Å². The van der Waals surface area contributed by atoms with Gasteiger partial charge in [0.2, 0.25) is 59.1 Å². The molecular weight excluding hydrogens is 1200 g/mol. The topological polar surface area (TPSA) is 470 Å². The third-order valence-corrected chi connectivity index (χ3v) is 15.6. The standard InChI is InChI=1S/C65H76N12O16/c1-35(78)56(63(90)75-52(65(92)93)31-36-8-3-2-4-9-36)76-61(88)48(29-38-15-21-42(80)22-16-38)73-62(89)53-12-7-27-77(53)64(91)51(30-39-17-23-43(81)24-18-39)74-60(87)50(33-55(68)83)72-59(86)49(32-40-34-69-46-11-6-5-10-44(40)46)71-58(85)47(28-37-13-19-41(79)20-14-37)70-57(84)45(66)25-26-54(67)82/h2-6,8-11,13-24,34-35,45,47-53,56,69,78-81H,7,12,25-33,66H2,1H3,(H2,67,82)(H2,68,83)(H,70,84)(H,71,85)(H,72,86)(H,73,89)(H,74,87)(H,75,90)(H,76,88)(H,92,93)/t35-,45+,47+,48+,49+,50+,51+,52+,53+,56+/m1/s1. The predicted octanol–water partition coefficient (Wildman–Crippen LogP) is -0.884. The molecule has 1 aromatic heterocycles. The number of aliphatic hydroxyl groups is 1. The van der Waals surface area contributed by atoms with Gasteiger partial charge in [0, 0.05) is 62.2 Å². The van der Waals surface area contributed by atoms with Crippen LogP contribution in [0, 0.1) is 0 Å². The Morgan fingerprint density at radius 1 is 0.527 bits per heavy atom. The van der Waals surface area contributed by atoms with Gasteiger partial charge < -0.3 is 89.8 Å². The molecule has 492 valence electrons. The van der Waals surface area contributed by atoms with E-state index in [9.17, 15) is 73.5 Å². The average molecular weight is 1280 g/mol. The Morgan fingerprint density at radius 3 is 1.53 bits per heavy atom. The Bertz CT molecular complexity index is 3640. The SMILES string of the molecule is C[C@@H](O)[C@H](NC(=O)[C@H](Cc1ccc(O)cc1)NC(=O)[C@@H]1CCCN1C(=O)[C@H](Cc1ccc(O)cc1)NC(=O)[C@H](CC(N)=O)NC(=O)[C@H](Cc1c[nH]c2ccccc12)NC(=O)[C@H](Cc1ccc(O)cc1)NC(=O)[C@@H](N)CCC(N)=O)C(=O)N[C@@H](Cc1ccccc1)C(=O)O. The second-order valence-corrected chi connectivity index (χ2v) is 22.8. The van der Waals surface area contributed by atoms with E-state index in [1.807, 2.05) is 0 Å². The van der Waals surface area contributed by atoms with Gasteiger partial charge in [-0.25, -0.2) is 4.79 Å². The van der Waals surface area contributed by atoms with Crippen LogP contribution >= 0.6 is 0 Å². The number of carboxylic acid groups (broad SMARTS) is 1. The van der Waals surface area contributed by atoms with Crippen molar-refractivity contribution in [3.8, 4) is 17.2 Å². The summed E-state index contributed by atoms with van der Waals surface area (Å²) in [5.74, 6) is -11.3. The van der Waals surface area contributed by atoms with Gasteiger partial charge in [-0.3, -0.25) is 47.9 Å². The highest BCUT2D eigenvalue weighted by Gasteiger charge is 2.41. The van der Waals surface area contributed by atoms with Gasteiger partial charge in [-0.2, -0.15) is 0 Å². The van der Waals surface area contributed by atoms with Crippen LogP contribution in [0.25, 0.3) is 10.9 Å². The van der Waals surface area contributed by atoms with Crippen molar-refractivity contribution in [1.29, 1.82) is 0 Å². The summed E-state index contributed by atoms with van der Waals surface area (Å²) in [4.78, 5) is 156. The van der Waals surface area contributed by atoms with Gasteiger partial charge in [0.15, 0.2) is 0 Å². The first-order valence-corrected chi connectivity index (χ1v) is 29.9. The zero-order valence-electron chi connectivity index (χ0n) is 50.7. The summed E-state index contributed by atoms with van der Waals surface area (Å²) >= 11 is 0. The molecule has 5 aromatic carbocycles. The highest BCUT2D eigenvalue weighted by Crippen LogP contribution is 2.24. The van der Waals surface area contributed by atoms with E-state index >= 15 is 4.79 Å². The van der Waals surface area contributed by atoms with Crippen LogP contribution in [0.2, 0.25) is 0 Å². The Hall–Kier alpha value is -10.9. The number of aliphatic carboxylic acids is 1. The number of aliphatic hydroxyl groups excluding tert-OH is 1. The number of aromatic nitrogens is 1. The molecule has 0 radical (unpaired) electrons. The van der Waals surface area contributed by atoms with E-state index in [0.29, 0.717) is 38.7 Å². The second-order valence-electron chi connectivity index (χ2n) is 22.8. The predicted molar refractivity (Wildman–Crippen MR) is 335 cm³/mol. The number of phenols is 3. The summed E-state index contributed by atoms with van der Waals surface area (Å²) in [6.07, 6.45) is -2.25. The van der Waals surface area contributed by atoms with Crippen molar-refractivity contribution in [3.63, 3.8) is 0 Å². The Morgan fingerprint density at radius 2 is 0.978 bits per heavy atom. The number of likely N-dealkylation sites (tertiary alicyclic amines) is 1. The maximum Gasteiger partial charge on any atom is 0.326 e. The van der Waals surface area contributed by atoms with Crippen molar-refractivity contribution in [2.45, 2.75) is 132 Å². The molecule has 7 rings (SSSR count). The molecule has 1 saturated heterocycles. The average Bonchev–Trinajstić information content (AvgIpc) is 1.86. The lowest BCUT2D eigenvalue weighted by molar-refractivity contribution is -0.143. The molecule has 0 unspecified atom stereocenters. The van der Waals surface area contributed by atoms with E-state index in [1.54, 1.807) is 60.8 Å². The highest BCUT2D eigenvalue weighted by molar-refractivity contribution is 6.00. The number of hydrogen-bond acceptors (Lipinski definition) is 16. The summed E-state index contributed by atoms with van der Waals surface area (Å²) in [6, 6.07) is 18.3. The van der Waals surface area contributed by atoms with Gasteiger partial charge in [-0.05, 0) is 96.5 Å². The molecule has 0 spiro atoms. The number of nitrogens with one attached hydrogen (secondary N) is 8. The van der Waals surface area contributed by atoms with Crippen molar-refractivity contribution >= 4 is 75.9 Å². The summed E-state index contributed by atoms with van der Waals surface area (Å²) in [7, 11) is 0. The molecule has 28 nitrogen and oxygen atoms in total. The third-order valence-electron chi connectivity index (χ3n) is 15.6. The number of hydrogen-bond donors (Lipinski definition) is 16. The minimum atomic E-state index is -1.86.